The van der Waals surface area contributed by atoms with Gasteiger partial charge in [-0.3, -0.25) is 9.59 Å². The van der Waals surface area contributed by atoms with Crippen LogP contribution in [0, 0.1) is 6.92 Å². The summed E-state index contributed by atoms with van der Waals surface area (Å²) in [4.78, 5) is 27.2. The summed E-state index contributed by atoms with van der Waals surface area (Å²) in [6.45, 7) is 3.55. The van der Waals surface area contributed by atoms with E-state index >= 15 is 0 Å². The summed E-state index contributed by atoms with van der Waals surface area (Å²) in [5.74, 6) is -0.335. The van der Waals surface area contributed by atoms with Crippen LogP contribution in [0.3, 0.4) is 0 Å². The second-order valence-electron chi connectivity index (χ2n) is 6.51. The van der Waals surface area contributed by atoms with Gasteiger partial charge in [0.15, 0.2) is 5.78 Å². The number of hydrogen-bond donors (Lipinski definition) is 0. The molecule has 4 heteroatoms. The van der Waals surface area contributed by atoms with Crippen molar-refractivity contribution in [1.29, 1.82) is 0 Å². The topological polar surface area (TPSA) is 46.6 Å². The van der Waals surface area contributed by atoms with Crippen LogP contribution in [-0.2, 0) is 16.1 Å². The lowest BCUT2D eigenvalue weighted by Crippen LogP contribution is -2.36. The fourth-order valence-electron chi connectivity index (χ4n) is 3.28. The Morgan fingerprint density at radius 3 is 2.60 bits per heavy atom. The smallest absolute Gasteiger partial charge is 0.230 e. The van der Waals surface area contributed by atoms with Crippen molar-refractivity contribution in [3.05, 3.63) is 70.8 Å². The molecule has 1 unspecified atom stereocenters. The molecule has 25 heavy (non-hydrogen) atoms. The first-order chi connectivity index (χ1) is 12.1. The quantitative estimate of drug-likeness (QED) is 0.812. The average molecular weight is 337 g/mol. The van der Waals surface area contributed by atoms with Gasteiger partial charge >= 0.3 is 0 Å². The second kappa shape index (κ2) is 7.62. The molecule has 0 saturated carbocycles. The molecule has 130 valence electrons. The van der Waals surface area contributed by atoms with Gasteiger partial charge in [-0.25, -0.2) is 0 Å². The van der Waals surface area contributed by atoms with Gasteiger partial charge in [0.1, 0.15) is 0 Å². The number of ketones is 1. The number of nitrogens with zero attached hydrogens (tertiary/aromatic N) is 1. The molecule has 3 rings (SSSR count). The lowest BCUT2D eigenvalue weighted by atomic mass is 9.99. The molecule has 4 nitrogen and oxygen atoms in total. The van der Waals surface area contributed by atoms with E-state index in [2.05, 4.69) is 0 Å². The molecule has 0 aromatic heterocycles. The fourth-order valence-corrected chi connectivity index (χ4v) is 3.28. The van der Waals surface area contributed by atoms with Crippen LogP contribution < -0.4 is 0 Å². The molecular weight excluding hydrogens is 314 g/mol. The minimum atomic E-state index is -0.383. The highest BCUT2D eigenvalue weighted by Gasteiger charge is 2.36. The minimum Gasteiger partial charge on any atom is -0.383 e. The lowest BCUT2D eigenvalue weighted by molar-refractivity contribution is -0.134. The van der Waals surface area contributed by atoms with Crippen LogP contribution in [0.4, 0.5) is 0 Å². The van der Waals surface area contributed by atoms with Crippen LogP contribution in [0.5, 0.6) is 0 Å². The Labute approximate surface area is 148 Å². The van der Waals surface area contributed by atoms with E-state index in [1.54, 1.807) is 12.0 Å². The monoisotopic (exact) mass is 337 g/mol. The zero-order chi connectivity index (χ0) is 17.8. The number of ether oxygens (including phenoxy) is 1. The van der Waals surface area contributed by atoms with Crippen LogP contribution in [0.2, 0.25) is 0 Å². The number of Topliss-reactive ketones (excluding diaryl/α,β-unsaturated/α-hetero) is 1. The van der Waals surface area contributed by atoms with Crippen LogP contribution in [0.1, 0.15) is 39.4 Å². The molecule has 0 aliphatic heterocycles. The van der Waals surface area contributed by atoms with E-state index in [0.717, 1.165) is 11.1 Å². The molecular formula is C21H23NO3. The molecule has 1 amide bonds. The Bertz CT molecular complexity index is 767. The van der Waals surface area contributed by atoms with Gasteiger partial charge in [-0.1, -0.05) is 54.1 Å². The van der Waals surface area contributed by atoms with Crippen molar-refractivity contribution in [3.63, 3.8) is 0 Å². The summed E-state index contributed by atoms with van der Waals surface area (Å²) in [7, 11) is 1.63. The Hall–Kier alpha value is -2.46. The molecule has 2 aromatic rings. The number of rotatable bonds is 6. The summed E-state index contributed by atoms with van der Waals surface area (Å²) in [5, 5.41) is 0. The van der Waals surface area contributed by atoms with Crippen LogP contribution in [-0.4, -0.2) is 36.9 Å². The molecule has 1 atom stereocenters. The third kappa shape index (κ3) is 3.80. The predicted molar refractivity (Wildman–Crippen MR) is 96.6 cm³/mol. The van der Waals surface area contributed by atoms with Gasteiger partial charge in [-0.15, -0.1) is 0 Å². The molecule has 0 fully saturated rings. The maximum atomic E-state index is 13.1. The second-order valence-corrected chi connectivity index (χ2v) is 6.51. The summed E-state index contributed by atoms with van der Waals surface area (Å²) < 4.78 is 5.17. The van der Waals surface area contributed by atoms with Gasteiger partial charge in [0.2, 0.25) is 5.91 Å². The normalized spacial score (nSPS) is 15.9. The highest BCUT2D eigenvalue weighted by Crippen LogP contribution is 2.34. The standard InChI is InChI=1S/C21H23NO3/c1-15-7-9-16(10-8-15)14-22(11-12-25-2)21(24)19-13-20(23)18-6-4-3-5-17(18)19/h3-10,19H,11-14H2,1-2H3. The van der Waals surface area contributed by atoms with Crippen LogP contribution in [0.25, 0.3) is 0 Å². The Kier molecular flexibility index (Phi) is 5.29. The maximum absolute atomic E-state index is 13.1. The number of aryl methyl sites for hydroxylation is 1. The maximum Gasteiger partial charge on any atom is 0.230 e. The summed E-state index contributed by atoms with van der Waals surface area (Å²) >= 11 is 0. The number of hydrogen-bond acceptors (Lipinski definition) is 3. The van der Waals surface area contributed by atoms with E-state index in [1.807, 2.05) is 55.5 Å². The minimum absolute atomic E-state index is 0.00377. The molecule has 0 radical (unpaired) electrons. The zero-order valence-electron chi connectivity index (χ0n) is 14.7. The van der Waals surface area contributed by atoms with Crippen molar-refractivity contribution in [2.75, 3.05) is 20.3 Å². The van der Waals surface area contributed by atoms with E-state index in [9.17, 15) is 9.59 Å². The number of benzene rings is 2. The van der Waals surface area contributed by atoms with Crippen molar-refractivity contribution < 1.29 is 14.3 Å². The zero-order valence-corrected chi connectivity index (χ0v) is 14.7. The molecule has 2 aromatic carbocycles. The van der Waals surface area contributed by atoms with Crippen molar-refractivity contribution >= 4 is 11.7 Å². The van der Waals surface area contributed by atoms with Crippen LogP contribution in [0.15, 0.2) is 48.5 Å². The van der Waals surface area contributed by atoms with Gasteiger partial charge in [0, 0.05) is 32.2 Å². The van der Waals surface area contributed by atoms with E-state index < -0.39 is 0 Å². The molecule has 0 N–H and O–H groups in total. The van der Waals surface area contributed by atoms with Gasteiger partial charge in [0.05, 0.1) is 12.5 Å². The molecule has 0 bridgehead atoms. The van der Waals surface area contributed by atoms with Gasteiger partial charge in [-0.2, -0.15) is 0 Å². The lowest BCUT2D eigenvalue weighted by Gasteiger charge is -2.26. The SMILES string of the molecule is COCCN(Cc1ccc(C)cc1)C(=O)C1CC(=O)c2ccccc21. The predicted octanol–water partition coefficient (Wildman–Crippen LogP) is 3.34. The number of carbonyl (C=O) groups is 2. The van der Waals surface area contributed by atoms with Crippen LogP contribution >= 0.6 is 0 Å². The van der Waals surface area contributed by atoms with Gasteiger partial charge < -0.3 is 9.64 Å². The van der Waals surface area contributed by atoms with E-state index in [-0.39, 0.29) is 24.0 Å². The average Bonchev–Trinajstić information content (AvgIpc) is 2.97. The van der Waals surface area contributed by atoms with Crippen molar-refractivity contribution in [2.45, 2.75) is 25.8 Å². The number of methoxy groups -OCH3 is 1. The summed E-state index contributed by atoms with van der Waals surface area (Å²) in [6.07, 6.45) is 0.259. The number of amides is 1. The van der Waals surface area contributed by atoms with E-state index in [0.29, 0.717) is 25.3 Å². The molecule has 0 saturated heterocycles. The van der Waals surface area contributed by atoms with Crippen molar-refractivity contribution in [2.24, 2.45) is 0 Å². The van der Waals surface area contributed by atoms with E-state index in [4.69, 9.17) is 4.74 Å². The molecule has 0 heterocycles. The Morgan fingerprint density at radius 2 is 1.88 bits per heavy atom. The van der Waals surface area contributed by atoms with E-state index in [1.165, 1.54) is 5.56 Å². The number of fused-ring (bicyclic) bond motifs is 1. The van der Waals surface area contributed by atoms with Crippen molar-refractivity contribution in [1.82, 2.24) is 4.90 Å². The third-order valence-electron chi connectivity index (χ3n) is 4.70. The Morgan fingerprint density at radius 1 is 1.16 bits per heavy atom. The largest absolute Gasteiger partial charge is 0.383 e. The first kappa shape index (κ1) is 17.4. The molecule has 1 aliphatic carbocycles. The van der Waals surface area contributed by atoms with Gasteiger partial charge in [-0.05, 0) is 18.1 Å². The van der Waals surface area contributed by atoms with Crippen molar-refractivity contribution in [3.8, 4) is 0 Å². The fraction of sp³-hybridized carbons (Fsp3) is 0.333. The highest BCUT2D eigenvalue weighted by molar-refractivity contribution is 6.06. The highest BCUT2D eigenvalue weighted by atomic mass is 16.5. The molecule has 0 spiro atoms. The Balaban J connectivity index is 1.82. The first-order valence-electron chi connectivity index (χ1n) is 8.55. The molecule has 1 aliphatic rings. The summed E-state index contributed by atoms with van der Waals surface area (Å²) in [6, 6.07) is 15.6. The number of carbonyl (C=O) groups excluding carboxylic acids is 2. The summed E-state index contributed by atoms with van der Waals surface area (Å²) in [5.41, 5.74) is 3.80. The van der Waals surface area contributed by atoms with Gasteiger partial charge in [0.25, 0.3) is 0 Å². The third-order valence-corrected chi connectivity index (χ3v) is 4.70. The first-order valence-corrected chi connectivity index (χ1v) is 8.55.